The minimum atomic E-state index is -0.468. The van der Waals surface area contributed by atoms with Gasteiger partial charge < -0.3 is 14.6 Å². The number of hydrogen-bond acceptors (Lipinski definition) is 3. The summed E-state index contributed by atoms with van der Waals surface area (Å²) in [5.41, 5.74) is 0.866. The summed E-state index contributed by atoms with van der Waals surface area (Å²) in [6.07, 6.45) is -0.468. The SMILES string of the molecule is CCOc1ccccc1Oc1ccc(C(C)O)cc1. The molecular formula is C16H18O3. The van der Waals surface area contributed by atoms with Gasteiger partial charge in [0.25, 0.3) is 0 Å². The third kappa shape index (κ3) is 3.48. The van der Waals surface area contributed by atoms with Gasteiger partial charge >= 0.3 is 0 Å². The molecule has 1 unspecified atom stereocenters. The summed E-state index contributed by atoms with van der Waals surface area (Å²) in [5, 5.41) is 9.46. The first-order valence-electron chi connectivity index (χ1n) is 6.38. The zero-order chi connectivity index (χ0) is 13.7. The van der Waals surface area contributed by atoms with Crippen LogP contribution >= 0.6 is 0 Å². The first-order valence-corrected chi connectivity index (χ1v) is 6.38. The standard InChI is InChI=1S/C16H18O3/c1-3-18-15-6-4-5-7-16(15)19-14-10-8-13(9-11-14)12(2)17/h4-12,17H,3H2,1-2H3. The molecule has 3 nitrogen and oxygen atoms in total. The average molecular weight is 258 g/mol. The van der Waals surface area contributed by atoms with Crippen molar-refractivity contribution in [3.05, 3.63) is 54.1 Å². The second kappa shape index (κ2) is 6.25. The maximum Gasteiger partial charge on any atom is 0.169 e. The number of ether oxygens (including phenoxy) is 2. The Labute approximate surface area is 113 Å². The van der Waals surface area contributed by atoms with Crippen molar-refractivity contribution in [3.8, 4) is 17.2 Å². The van der Waals surface area contributed by atoms with Crippen molar-refractivity contribution in [2.45, 2.75) is 20.0 Å². The molecule has 0 spiro atoms. The molecule has 1 N–H and O–H groups in total. The fourth-order valence-corrected chi connectivity index (χ4v) is 1.75. The summed E-state index contributed by atoms with van der Waals surface area (Å²) in [6.45, 7) is 4.27. The van der Waals surface area contributed by atoms with Gasteiger partial charge in [-0.15, -0.1) is 0 Å². The lowest BCUT2D eigenvalue weighted by molar-refractivity contribution is 0.199. The number of benzene rings is 2. The number of para-hydroxylation sites is 2. The molecule has 19 heavy (non-hydrogen) atoms. The van der Waals surface area contributed by atoms with Gasteiger partial charge in [-0.1, -0.05) is 24.3 Å². The van der Waals surface area contributed by atoms with Crippen LogP contribution in [0.25, 0.3) is 0 Å². The van der Waals surface area contributed by atoms with E-state index in [0.717, 1.165) is 17.1 Å². The molecule has 2 aromatic rings. The fourth-order valence-electron chi connectivity index (χ4n) is 1.75. The minimum absolute atomic E-state index is 0.468. The molecule has 0 aliphatic carbocycles. The van der Waals surface area contributed by atoms with Crippen molar-refractivity contribution < 1.29 is 14.6 Å². The van der Waals surface area contributed by atoms with E-state index in [1.807, 2.05) is 55.5 Å². The summed E-state index contributed by atoms with van der Waals surface area (Å²) < 4.78 is 11.3. The van der Waals surface area contributed by atoms with Gasteiger partial charge in [-0.05, 0) is 43.7 Å². The third-order valence-electron chi connectivity index (χ3n) is 2.74. The zero-order valence-electron chi connectivity index (χ0n) is 11.2. The molecule has 0 aromatic heterocycles. The predicted octanol–water partition coefficient (Wildman–Crippen LogP) is 3.93. The van der Waals surface area contributed by atoms with E-state index in [4.69, 9.17) is 9.47 Å². The summed E-state index contributed by atoms with van der Waals surface area (Å²) in [7, 11) is 0. The molecule has 100 valence electrons. The number of rotatable bonds is 5. The topological polar surface area (TPSA) is 38.7 Å². The molecule has 1 atom stereocenters. The average Bonchev–Trinajstić information content (AvgIpc) is 2.42. The van der Waals surface area contributed by atoms with Gasteiger partial charge in [0.15, 0.2) is 11.5 Å². The van der Waals surface area contributed by atoms with E-state index >= 15 is 0 Å². The largest absolute Gasteiger partial charge is 0.490 e. The second-order valence-electron chi connectivity index (χ2n) is 4.23. The molecule has 0 heterocycles. The van der Waals surface area contributed by atoms with Crippen LogP contribution in [0.2, 0.25) is 0 Å². The number of hydrogen-bond donors (Lipinski definition) is 1. The maximum absolute atomic E-state index is 9.46. The summed E-state index contributed by atoms with van der Waals surface area (Å²) in [4.78, 5) is 0. The quantitative estimate of drug-likeness (QED) is 0.883. The molecule has 2 rings (SSSR count). The lowest BCUT2D eigenvalue weighted by Gasteiger charge is -2.12. The van der Waals surface area contributed by atoms with Crippen LogP contribution in [0.3, 0.4) is 0 Å². The van der Waals surface area contributed by atoms with Crippen LogP contribution in [-0.4, -0.2) is 11.7 Å². The Balaban J connectivity index is 2.16. The highest BCUT2D eigenvalue weighted by molar-refractivity contribution is 5.43. The lowest BCUT2D eigenvalue weighted by atomic mass is 10.1. The predicted molar refractivity (Wildman–Crippen MR) is 74.8 cm³/mol. The molecule has 0 saturated heterocycles. The van der Waals surface area contributed by atoms with Crippen LogP contribution in [-0.2, 0) is 0 Å². The number of aliphatic hydroxyl groups excluding tert-OH is 1. The molecule has 0 saturated carbocycles. The van der Waals surface area contributed by atoms with E-state index in [9.17, 15) is 5.11 Å². The Kier molecular flexibility index (Phi) is 4.42. The van der Waals surface area contributed by atoms with Crippen LogP contribution in [0.15, 0.2) is 48.5 Å². The normalized spacial score (nSPS) is 11.9. The van der Waals surface area contributed by atoms with E-state index in [-0.39, 0.29) is 0 Å². The van der Waals surface area contributed by atoms with Gasteiger partial charge in [0, 0.05) is 0 Å². The monoisotopic (exact) mass is 258 g/mol. The van der Waals surface area contributed by atoms with E-state index in [1.165, 1.54) is 0 Å². The second-order valence-corrected chi connectivity index (χ2v) is 4.23. The van der Waals surface area contributed by atoms with E-state index in [1.54, 1.807) is 6.92 Å². The first kappa shape index (κ1) is 13.4. The molecule has 0 bridgehead atoms. The Morgan fingerprint density at radius 1 is 1.00 bits per heavy atom. The fraction of sp³-hybridized carbons (Fsp3) is 0.250. The summed E-state index contributed by atoms with van der Waals surface area (Å²) in [5.74, 6) is 2.13. The highest BCUT2D eigenvalue weighted by Gasteiger charge is 2.06. The summed E-state index contributed by atoms with van der Waals surface area (Å²) in [6, 6.07) is 14.9. The smallest absolute Gasteiger partial charge is 0.169 e. The van der Waals surface area contributed by atoms with E-state index in [0.29, 0.717) is 12.4 Å². The van der Waals surface area contributed by atoms with Crippen molar-refractivity contribution >= 4 is 0 Å². The van der Waals surface area contributed by atoms with Crippen LogP contribution in [0.1, 0.15) is 25.5 Å². The number of aliphatic hydroxyl groups is 1. The van der Waals surface area contributed by atoms with Crippen molar-refractivity contribution in [2.75, 3.05) is 6.61 Å². The van der Waals surface area contributed by atoms with Crippen LogP contribution < -0.4 is 9.47 Å². The van der Waals surface area contributed by atoms with E-state index in [2.05, 4.69) is 0 Å². The van der Waals surface area contributed by atoms with Gasteiger partial charge in [0.1, 0.15) is 5.75 Å². The van der Waals surface area contributed by atoms with Gasteiger partial charge in [-0.25, -0.2) is 0 Å². The molecule has 2 aromatic carbocycles. The highest BCUT2D eigenvalue weighted by Crippen LogP contribution is 2.31. The third-order valence-corrected chi connectivity index (χ3v) is 2.74. The molecule has 3 heteroatoms. The lowest BCUT2D eigenvalue weighted by Crippen LogP contribution is -1.95. The molecule has 0 amide bonds. The molecule has 0 radical (unpaired) electrons. The Morgan fingerprint density at radius 3 is 2.21 bits per heavy atom. The van der Waals surface area contributed by atoms with Gasteiger partial charge in [0.2, 0.25) is 0 Å². The zero-order valence-corrected chi connectivity index (χ0v) is 11.2. The first-order chi connectivity index (χ1) is 9.20. The molecule has 0 aliphatic heterocycles. The summed E-state index contributed by atoms with van der Waals surface area (Å²) >= 11 is 0. The van der Waals surface area contributed by atoms with Crippen molar-refractivity contribution in [2.24, 2.45) is 0 Å². The van der Waals surface area contributed by atoms with Crippen molar-refractivity contribution in [1.82, 2.24) is 0 Å². The Hall–Kier alpha value is -2.00. The Bertz CT molecular complexity index is 518. The van der Waals surface area contributed by atoms with Crippen LogP contribution in [0, 0.1) is 0 Å². The van der Waals surface area contributed by atoms with Gasteiger partial charge in [-0.3, -0.25) is 0 Å². The Morgan fingerprint density at radius 2 is 1.63 bits per heavy atom. The molecular weight excluding hydrogens is 240 g/mol. The molecule has 0 fully saturated rings. The van der Waals surface area contributed by atoms with Crippen LogP contribution in [0.4, 0.5) is 0 Å². The van der Waals surface area contributed by atoms with Crippen molar-refractivity contribution in [1.29, 1.82) is 0 Å². The van der Waals surface area contributed by atoms with E-state index < -0.39 is 6.10 Å². The molecule has 0 aliphatic rings. The van der Waals surface area contributed by atoms with Gasteiger partial charge in [-0.2, -0.15) is 0 Å². The highest BCUT2D eigenvalue weighted by atomic mass is 16.5. The minimum Gasteiger partial charge on any atom is -0.490 e. The van der Waals surface area contributed by atoms with Crippen LogP contribution in [0.5, 0.6) is 17.2 Å². The van der Waals surface area contributed by atoms with Crippen molar-refractivity contribution in [3.63, 3.8) is 0 Å². The maximum atomic E-state index is 9.46. The van der Waals surface area contributed by atoms with Gasteiger partial charge in [0.05, 0.1) is 12.7 Å².